The van der Waals surface area contributed by atoms with Gasteiger partial charge in [-0.2, -0.15) is 4.68 Å². The molecule has 0 atom stereocenters. The van der Waals surface area contributed by atoms with Gasteiger partial charge >= 0.3 is 0 Å². The molecule has 3 rings (SSSR count). The van der Waals surface area contributed by atoms with Crippen molar-refractivity contribution in [1.29, 1.82) is 0 Å². The molecule has 0 spiro atoms. The molecule has 0 bridgehead atoms. The van der Waals surface area contributed by atoms with Crippen LogP contribution in [0, 0.1) is 0 Å². The highest BCUT2D eigenvalue weighted by molar-refractivity contribution is 7.99. The number of benzene rings is 2. The van der Waals surface area contributed by atoms with Gasteiger partial charge in [-0.25, -0.2) is 0 Å². The topological polar surface area (TPSA) is 91.2 Å². The Bertz CT molecular complexity index is 991. The Morgan fingerprint density at radius 1 is 1.06 bits per heavy atom. The number of rotatable bonds is 11. The van der Waals surface area contributed by atoms with Crippen molar-refractivity contribution < 1.29 is 14.3 Å². The van der Waals surface area contributed by atoms with E-state index in [1.165, 1.54) is 30.2 Å². The third kappa shape index (κ3) is 6.21. The number of carbonyl (C=O) groups is 1. The maximum Gasteiger partial charge on any atom is 0.230 e. The standard InChI is InChI=1S/C22H27N5O3S/c1-4-5-6-16-7-10-18(11-8-16)27-22(24-25-26-27)31-15-21(28)23-14-17-9-12-19(29-2)20(13-17)30-3/h7-13H,4-6,14-15H2,1-3H3,(H,23,28). The highest BCUT2D eigenvalue weighted by Crippen LogP contribution is 2.27. The fourth-order valence-corrected chi connectivity index (χ4v) is 3.71. The largest absolute Gasteiger partial charge is 0.493 e. The van der Waals surface area contributed by atoms with Gasteiger partial charge in [0.25, 0.3) is 0 Å². The SMILES string of the molecule is CCCCc1ccc(-n2nnnc2SCC(=O)NCc2ccc(OC)c(OC)c2)cc1. The highest BCUT2D eigenvalue weighted by atomic mass is 32.2. The van der Waals surface area contributed by atoms with Crippen LogP contribution in [0.2, 0.25) is 0 Å². The van der Waals surface area contributed by atoms with Gasteiger partial charge in [0.05, 0.1) is 25.7 Å². The summed E-state index contributed by atoms with van der Waals surface area (Å²) >= 11 is 1.29. The van der Waals surface area contributed by atoms with E-state index in [4.69, 9.17) is 9.47 Å². The zero-order valence-corrected chi connectivity index (χ0v) is 18.8. The molecule has 1 heterocycles. The molecule has 31 heavy (non-hydrogen) atoms. The first-order valence-electron chi connectivity index (χ1n) is 10.1. The van der Waals surface area contributed by atoms with Crippen LogP contribution < -0.4 is 14.8 Å². The second-order valence-corrected chi connectivity index (χ2v) is 7.84. The highest BCUT2D eigenvalue weighted by Gasteiger charge is 2.12. The summed E-state index contributed by atoms with van der Waals surface area (Å²) in [4.78, 5) is 12.3. The fourth-order valence-electron chi connectivity index (χ4n) is 2.99. The van der Waals surface area contributed by atoms with Crippen LogP contribution in [0.25, 0.3) is 5.69 Å². The lowest BCUT2D eigenvalue weighted by Gasteiger charge is -2.10. The minimum atomic E-state index is -0.107. The number of amides is 1. The fraction of sp³-hybridized carbons (Fsp3) is 0.364. The Morgan fingerprint density at radius 2 is 1.81 bits per heavy atom. The monoisotopic (exact) mass is 441 g/mol. The number of methoxy groups -OCH3 is 2. The normalized spacial score (nSPS) is 10.7. The molecule has 2 aromatic carbocycles. The van der Waals surface area contributed by atoms with Gasteiger partial charge in [-0.05, 0) is 58.7 Å². The number of tetrazole rings is 1. The number of hydrogen-bond donors (Lipinski definition) is 1. The summed E-state index contributed by atoms with van der Waals surface area (Å²) in [7, 11) is 3.17. The quantitative estimate of drug-likeness (QED) is 0.456. The van der Waals surface area contributed by atoms with Gasteiger partial charge in [0, 0.05) is 6.54 Å². The van der Waals surface area contributed by atoms with Gasteiger partial charge in [-0.1, -0.05) is 43.3 Å². The van der Waals surface area contributed by atoms with Crippen LogP contribution in [-0.2, 0) is 17.8 Å². The van der Waals surface area contributed by atoms with Crippen molar-refractivity contribution in [2.24, 2.45) is 0 Å². The molecule has 1 amide bonds. The molecule has 0 fully saturated rings. The van der Waals surface area contributed by atoms with Gasteiger partial charge in [0.2, 0.25) is 11.1 Å². The second kappa shape index (κ2) is 11.4. The number of ether oxygens (including phenoxy) is 2. The van der Waals surface area contributed by atoms with Crippen LogP contribution in [0.1, 0.15) is 30.9 Å². The Morgan fingerprint density at radius 3 is 2.52 bits per heavy atom. The molecule has 9 heteroatoms. The first-order chi connectivity index (χ1) is 15.1. The van der Waals surface area contributed by atoms with E-state index in [1.54, 1.807) is 18.9 Å². The molecule has 0 aliphatic rings. The molecule has 0 aliphatic carbocycles. The van der Waals surface area contributed by atoms with Crippen molar-refractivity contribution in [1.82, 2.24) is 25.5 Å². The number of aryl methyl sites for hydroxylation is 1. The molecule has 3 aromatic rings. The molecule has 164 valence electrons. The predicted molar refractivity (Wildman–Crippen MR) is 120 cm³/mol. The third-order valence-electron chi connectivity index (χ3n) is 4.71. The van der Waals surface area contributed by atoms with Gasteiger partial charge in [-0.15, -0.1) is 5.10 Å². The van der Waals surface area contributed by atoms with Crippen LogP contribution in [0.15, 0.2) is 47.6 Å². The zero-order chi connectivity index (χ0) is 22.1. The molecule has 1 N–H and O–H groups in total. The molecular formula is C22H27N5O3S. The Labute approximate surface area is 186 Å². The van der Waals surface area contributed by atoms with Crippen molar-refractivity contribution >= 4 is 17.7 Å². The van der Waals surface area contributed by atoms with E-state index in [0.717, 1.165) is 17.7 Å². The predicted octanol–water partition coefficient (Wildman–Crippen LogP) is 3.43. The minimum absolute atomic E-state index is 0.107. The molecule has 0 aliphatic heterocycles. The summed E-state index contributed by atoms with van der Waals surface area (Å²) in [6.07, 6.45) is 3.40. The van der Waals surface area contributed by atoms with Crippen molar-refractivity contribution in [3.05, 3.63) is 53.6 Å². The first-order valence-corrected chi connectivity index (χ1v) is 11.1. The summed E-state index contributed by atoms with van der Waals surface area (Å²) in [5.74, 6) is 1.38. The molecule has 8 nitrogen and oxygen atoms in total. The Kier molecular flexibility index (Phi) is 8.28. The maximum atomic E-state index is 12.3. The molecule has 0 saturated carbocycles. The van der Waals surface area contributed by atoms with Crippen LogP contribution in [0.5, 0.6) is 11.5 Å². The summed E-state index contributed by atoms with van der Waals surface area (Å²) < 4.78 is 12.2. The van der Waals surface area contributed by atoms with Crippen molar-refractivity contribution in [3.8, 4) is 17.2 Å². The Hall–Kier alpha value is -3.07. The smallest absolute Gasteiger partial charge is 0.230 e. The van der Waals surface area contributed by atoms with Crippen LogP contribution >= 0.6 is 11.8 Å². The van der Waals surface area contributed by atoms with E-state index in [-0.39, 0.29) is 11.7 Å². The van der Waals surface area contributed by atoms with Crippen molar-refractivity contribution in [2.45, 2.75) is 37.9 Å². The van der Waals surface area contributed by atoms with E-state index in [0.29, 0.717) is 23.2 Å². The summed E-state index contributed by atoms with van der Waals surface area (Å²) in [6.45, 7) is 2.58. The van der Waals surface area contributed by atoms with E-state index >= 15 is 0 Å². The number of nitrogens with one attached hydrogen (secondary N) is 1. The Balaban J connectivity index is 1.54. The minimum Gasteiger partial charge on any atom is -0.493 e. The van der Waals surface area contributed by atoms with Gasteiger partial charge in [0.1, 0.15) is 0 Å². The summed E-state index contributed by atoms with van der Waals surface area (Å²) in [5.41, 5.74) is 3.09. The van der Waals surface area contributed by atoms with Gasteiger partial charge in [-0.3, -0.25) is 4.79 Å². The van der Waals surface area contributed by atoms with Crippen molar-refractivity contribution in [3.63, 3.8) is 0 Å². The van der Waals surface area contributed by atoms with E-state index in [1.807, 2.05) is 30.3 Å². The number of aromatic nitrogens is 4. The number of carbonyl (C=O) groups excluding carboxylic acids is 1. The summed E-state index contributed by atoms with van der Waals surface area (Å²) in [5, 5.41) is 15.3. The van der Waals surface area contributed by atoms with Crippen molar-refractivity contribution in [2.75, 3.05) is 20.0 Å². The molecular weight excluding hydrogens is 414 g/mol. The van der Waals surface area contributed by atoms with Crippen LogP contribution in [0.4, 0.5) is 0 Å². The average Bonchev–Trinajstić information content (AvgIpc) is 3.28. The maximum absolute atomic E-state index is 12.3. The number of unbranched alkanes of at least 4 members (excludes halogenated alkanes) is 1. The summed E-state index contributed by atoms with van der Waals surface area (Å²) in [6, 6.07) is 13.7. The van der Waals surface area contributed by atoms with E-state index < -0.39 is 0 Å². The lowest BCUT2D eigenvalue weighted by atomic mass is 10.1. The zero-order valence-electron chi connectivity index (χ0n) is 18.0. The van der Waals surface area contributed by atoms with Crippen LogP contribution in [-0.4, -0.2) is 46.1 Å². The molecule has 0 unspecified atom stereocenters. The molecule has 0 radical (unpaired) electrons. The third-order valence-corrected chi connectivity index (χ3v) is 5.63. The lowest BCUT2D eigenvalue weighted by molar-refractivity contribution is -0.118. The number of thioether (sulfide) groups is 1. The van der Waals surface area contributed by atoms with E-state index in [2.05, 4.69) is 39.9 Å². The number of hydrogen-bond acceptors (Lipinski definition) is 7. The van der Waals surface area contributed by atoms with Gasteiger partial charge < -0.3 is 14.8 Å². The van der Waals surface area contributed by atoms with E-state index in [9.17, 15) is 4.79 Å². The average molecular weight is 442 g/mol. The molecule has 1 aromatic heterocycles. The first kappa shape index (κ1) is 22.6. The number of nitrogens with zero attached hydrogens (tertiary/aromatic N) is 4. The molecule has 0 saturated heterocycles. The lowest BCUT2D eigenvalue weighted by Crippen LogP contribution is -2.24. The van der Waals surface area contributed by atoms with Gasteiger partial charge in [0.15, 0.2) is 11.5 Å². The second-order valence-electron chi connectivity index (χ2n) is 6.90. The van der Waals surface area contributed by atoms with Crippen LogP contribution in [0.3, 0.4) is 0 Å².